The zero-order valence-electron chi connectivity index (χ0n) is 16.8. The third kappa shape index (κ3) is 5.87. The van der Waals surface area contributed by atoms with Crippen LogP contribution in [0.15, 0.2) is 55.1 Å². The SMILES string of the molecule is CC(C)(C)OC(=O)Nc1ccc(F)cc1NC(=O)c1ccc(Cn2cncn2)cc1. The zero-order valence-corrected chi connectivity index (χ0v) is 16.8. The predicted molar refractivity (Wildman–Crippen MR) is 110 cm³/mol. The minimum absolute atomic E-state index is 0.123. The molecule has 0 radical (unpaired) electrons. The van der Waals surface area contributed by atoms with E-state index >= 15 is 0 Å². The van der Waals surface area contributed by atoms with Gasteiger partial charge in [-0.2, -0.15) is 5.10 Å². The molecule has 0 saturated carbocycles. The molecule has 1 heterocycles. The van der Waals surface area contributed by atoms with Crippen molar-refractivity contribution in [3.63, 3.8) is 0 Å². The summed E-state index contributed by atoms with van der Waals surface area (Å²) < 4.78 is 20.6. The van der Waals surface area contributed by atoms with Crippen LogP contribution in [-0.2, 0) is 11.3 Å². The topological polar surface area (TPSA) is 98.1 Å². The van der Waals surface area contributed by atoms with E-state index in [1.165, 1.54) is 18.5 Å². The van der Waals surface area contributed by atoms with Crippen LogP contribution >= 0.6 is 0 Å². The van der Waals surface area contributed by atoms with Gasteiger partial charge in [-0.05, 0) is 56.7 Å². The molecule has 0 unspecified atom stereocenters. The Bertz CT molecular complexity index is 1030. The van der Waals surface area contributed by atoms with Gasteiger partial charge in [-0.3, -0.25) is 10.1 Å². The van der Waals surface area contributed by atoms with Crippen LogP contribution in [-0.4, -0.2) is 32.4 Å². The smallest absolute Gasteiger partial charge is 0.412 e. The number of halogens is 1. The van der Waals surface area contributed by atoms with E-state index in [-0.39, 0.29) is 11.4 Å². The summed E-state index contributed by atoms with van der Waals surface area (Å²) in [6.07, 6.45) is 2.34. The van der Waals surface area contributed by atoms with E-state index in [0.717, 1.165) is 11.6 Å². The summed E-state index contributed by atoms with van der Waals surface area (Å²) in [7, 11) is 0. The number of nitrogens with zero attached hydrogens (tertiary/aromatic N) is 3. The molecule has 0 fully saturated rings. The maximum absolute atomic E-state index is 13.7. The van der Waals surface area contributed by atoms with Gasteiger partial charge < -0.3 is 10.1 Å². The van der Waals surface area contributed by atoms with E-state index in [1.54, 1.807) is 56.0 Å². The van der Waals surface area contributed by atoms with Crippen LogP contribution in [0, 0.1) is 5.82 Å². The predicted octanol–water partition coefficient (Wildman–Crippen LogP) is 4.06. The van der Waals surface area contributed by atoms with Crippen LogP contribution in [0.1, 0.15) is 36.7 Å². The lowest BCUT2D eigenvalue weighted by Gasteiger charge is -2.20. The van der Waals surface area contributed by atoms with Crippen molar-refractivity contribution in [3.8, 4) is 0 Å². The molecule has 0 aliphatic heterocycles. The lowest BCUT2D eigenvalue weighted by molar-refractivity contribution is 0.0635. The lowest BCUT2D eigenvalue weighted by Crippen LogP contribution is -2.27. The highest BCUT2D eigenvalue weighted by molar-refractivity contribution is 6.06. The molecule has 0 aliphatic carbocycles. The fourth-order valence-electron chi connectivity index (χ4n) is 2.60. The van der Waals surface area contributed by atoms with Gasteiger partial charge in [-0.15, -0.1) is 0 Å². The maximum Gasteiger partial charge on any atom is 0.412 e. The number of rotatable bonds is 5. The number of carbonyl (C=O) groups is 2. The van der Waals surface area contributed by atoms with Gasteiger partial charge in [-0.1, -0.05) is 12.1 Å². The first kappa shape index (κ1) is 21.0. The molecule has 0 aliphatic rings. The number of ether oxygens (including phenoxy) is 1. The minimum Gasteiger partial charge on any atom is -0.444 e. The van der Waals surface area contributed by atoms with Crippen LogP contribution in [0.25, 0.3) is 0 Å². The van der Waals surface area contributed by atoms with Gasteiger partial charge in [0.05, 0.1) is 17.9 Å². The van der Waals surface area contributed by atoms with Crippen LogP contribution in [0.5, 0.6) is 0 Å². The number of hydrogen-bond donors (Lipinski definition) is 2. The fraction of sp³-hybridized carbons (Fsp3) is 0.238. The molecule has 2 N–H and O–H groups in total. The highest BCUT2D eigenvalue weighted by Gasteiger charge is 2.18. The van der Waals surface area contributed by atoms with Crippen LogP contribution in [0.4, 0.5) is 20.6 Å². The van der Waals surface area contributed by atoms with Gasteiger partial charge >= 0.3 is 6.09 Å². The summed E-state index contributed by atoms with van der Waals surface area (Å²) in [5, 5.41) is 9.19. The number of aromatic nitrogens is 3. The first-order valence-electron chi connectivity index (χ1n) is 9.22. The molecule has 9 heteroatoms. The number of anilines is 2. The van der Waals surface area contributed by atoms with Gasteiger partial charge in [0.1, 0.15) is 24.1 Å². The lowest BCUT2D eigenvalue weighted by atomic mass is 10.1. The molecule has 156 valence electrons. The molecule has 0 atom stereocenters. The van der Waals surface area contributed by atoms with Gasteiger partial charge in [0.15, 0.2) is 0 Å². The number of hydrogen-bond acceptors (Lipinski definition) is 5. The molecule has 3 aromatic rings. The average Bonchev–Trinajstić information content (AvgIpc) is 3.16. The van der Waals surface area contributed by atoms with Crippen molar-refractivity contribution in [2.75, 3.05) is 10.6 Å². The Balaban J connectivity index is 1.71. The molecule has 8 nitrogen and oxygen atoms in total. The van der Waals surface area contributed by atoms with Crippen molar-refractivity contribution < 1.29 is 18.7 Å². The summed E-state index contributed by atoms with van der Waals surface area (Å²) in [5.74, 6) is -0.997. The molecule has 3 rings (SSSR count). The molecule has 2 aromatic carbocycles. The maximum atomic E-state index is 13.7. The Kier molecular flexibility index (Phi) is 6.10. The Morgan fingerprint density at radius 1 is 1.07 bits per heavy atom. The second-order valence-corrected chi connectivity index (χ2v) is 7.56. The quantitative estimate of drug-likeness (QED) is 0.660. The number of amides is 2. The molecule has 2 amide bonds. The molecule has 0 spiro atoms. The number of carbonyl (C=O) groups excluding carboxylic acids is 2. The molecule has 30 heavy (non-hydrogen) atoms. The van der Waals surface area contributed by atoms with E-state index in [2.05, 4.69) is 20.7 Å². The standard InChI is InChI=1S/C21H22FN5O3/c1-21(2,3)30-20(29)26-17-9-8-16(22)10-18(17)25-19(28)15-6-4-14(5-7-15)11-27-13-23-12-24-27/h4-10,12-13H,11H2,1-3H3,(H,25,28)(H,26,29). The summed E-state index contributed by atoms with van der Waals surface area (Å²) >= 11 is 0. The normalized spacial score (nSPS) is 11.1. The largest absolute Gasteiger partial charge is 0.444 e. The van der Waals surface area contributed by atoms with E-state index in [1.807, 2.05) is 0 Å². The fourth-order valence-corrected chi connectivity index (χ4v) is 2.60. The summed E-state index contributed by atoms with van der Waals surface area (Å²) in [5.41, 5.74) is 0.973. The Morgan fingerprint density at radius 3 is 2.43 bits per heavy atom. The van der Waals surface area contributed by atoms with Gasteiger partial charge in [-0.25, -0.2) is 18.9 Å². The van der Waals surface area contributed by atoms with Crippen LogP contribution < -0.4 is 10.6 Å². The number of nitrogens with one attached hydrogen (secondary N) is 2. The van der Waals surface area contributed by atoms with E-state index in [0.29, 0.717) is 12.1 Å². The van der Waals surface area contributed by atoms with Gasteiger partial charge in [0.2, 0.25) is 0 Å². The van der Waals surface area contributed by atoms with Gasteiger partial charge in [0.25, 0.3) is 5.91 Å². The molecule has 0 saturated heterocycles. The van der Waals surface area contributed by atoms with Crippen molar-refractivity contribution in [1.82, 2.24) is 14.8 Å². The minimum atomic E-state index is -0.706. The van der Waals surface area contributed by atoms with E-state index in [9.17, 15) is 14.0 Å². The second kappa shape index (κ2) is 8.73. The molecular formula is C21H22FN5O3. The molecule has 0 bridgehead atoms. The third-order valence-electron chi connectivity index (χ3n) is 3.89. The van der Waals surface area contributed by atoms with Crippen molar-refractivity contribution in [2.24, 2.45) is 0 Å². The monoisotopic (exact) mass is 411 g/mol. The first-order valence-corrected chi connectivity index (χ1v) is 9.22. The van der Waals surface area contributed by atoms with Crippen molar-refractivity contribution in [1.29, 1.82) is 0 Å². The van der Waals surface area contributed by atoms with Gasteiger partial charge in [0, 0.05) is 5.56 Å². The Hall–Kier alpha value is -3.75. The number of benzene rings is 2. The molecular weight excluding hydrogens is 389 g/mol. The third-order valence-corrected chi connectivity index (χ3v) is 3.89. The highest BCUT2D eigenvalue weighted by Crippen LogP contribution is 2.24. The van der Waals surface area contributed by atoms with E-state index < -0.39 is 23.4 Å². The first-order chi connectivity index (χ1) is 14.2. The summed E-state index contributed by atoms with van der Waals surface area (Å²) in [4.78, 5) is 28.5. The van der Waals surface area contributed by atoms with Crippen molar-refractivity contribution in [2.45, 2.75) is 32.9 Å². The van der Waals surface area contributed by atoms with Crippen molar-refractivity contribution in [3.05, 3.63) is 72.1 Å². The van der Waals surface area contributed by atoms with Crippen LogP contribution in [0.2, 0.25) is 0 Å². The summed E-state index contributed by atoms with van der Waals surface area (Å²) in [6, 6.07) is 10.6. The zero-order chi connectivity index (χ0) is 21.7. The second-order valence-electron chi connectivity index (χ2n) is 7.56. The Morgan fingerprint density at radius 2 is 1.80 bits per heavy atom. The van der Waals surface area contributed by atoms with E-state index in [4.69, 9.17) is 4.74 Å². The van der Waals surface area contributed by atoms with Crippen molar-refractivity contribution >= 4 is 23.4 Å². The summed E-state index contributed by atoms with van der Waals surface area (Å²) in [6.45, 7) is 5.71. The van der Waals surface area contributed by atoms with Crippen LogP contribution in [0.3, 0.4) is 0 Å². The average molecular weight is 411 g/mol. The Labute approximate surface area is 173 Å². The highest BCUT2D eigenvalue weighted by atomic mass is 19.1. The molecule has 1 aromatic heterocycles.